The second-order valence-electron chi connectivity index (χ2n) is 3.93. The second-order valence-corrected chi connectivity index (χ2v) is 3.93. The fourth-order valence-electron chi connectivity index (χ4n) is 2.12. The Labute approximate surface area is 82.8 Å². The van der Waals surface area contributed by atoms with Crippen LogP contribution in [0.4, 0.5) is 0 Å². The van der Waals surface area contributed by atoms with Crippen molar-refractivity contribution in [3.8, 4) is 0 Å². The molecule has 1 aliphatic carbocycles. The molecule has 14 heavy (non-hydrogen) atoms. The summed E-state index contributed by atoms with van der Waals surface area (Å²) in [5.74, 6) is -0.745. The molecule has 0 amide bonds. The van der Waals surface area contributed by atoms with Crippen LogP contribution in [0, 0.1) is 0 Å². The van der Waals surface area contributed by atoms with Crippen LogP contribution in [0.2, 0.25) is 0 Å². The minimum Gasteiger partial charge on any atom is -0.503 e. The SMILES string of the molecule is O=C1C(O)=C(N2CCCCC2)CC1O. The predicted octanol–water partition coefficient (Wildman–Crippen LogP) is 0.576. The average Bonchev–Trinajstić information content (AvgIpc) is 2.47. The molecule has 4 heteroatoms. The Balaban J connectivity index is 2.13. The topological polar surface area (TPSA) is 60.8 Å². The molecule has 0 aromatic rings. The van der Waals surface area contributed by atoms with E-state index in [0.29, 0.717) is 5.70 Å². The number of hydrogen-bond acceptors (Lipinski definition) is 4. The molecule has 1 unspecified atom stereocenters. The van der Waals surface area contributed by atoms with Crippen LogP contribution in [0.1, 0.15) is 25.7 Å². The van der Waals surface area contributed by atoms with Gasteiger partial charge in [-0.1, -0.05) is 0 Å². The van der Waals surface area contributed by atoms with Gasteiger partial charge in [-0.2, -0.15) is 0 Å². The van der Waals surface area contributed by atoms with Gasteiger partial charge in [-0.25, -0.2) is 0 Å². The van der Waals surface area contributed by atoms with E-state index in [0.717, 1.165) is 25.9 Å². The van der Waals surface area contributed by atoms with Gasteiger partial charge in [-0.15, -0.1) is 0 Å². The van der Waals surface area contributed by atoms with Gasteiger partial charge in [0.25, 0.3) is 0 Å². The zero-order chi connectivity index (χ0) is 10.1. The molecule has 1 heterocycles. The molecule has 1 saturated heterocycles. The van der Waals surface area contributed by atoms with Crippen molar-refractivity contribution in [2.45, 2.75) is 31.8 Å². The molecule has 1 fully saturated rings. The summed E-state index contributed by atoms with van der Waals surface area (Å²) in [6.45, 7) is 1.78. The van der Waals surface area contributed by atoms with E-state index < -0.39 is 11.9 Å². The van der Waals surface area contributed by atoms with E-state index in [4.69, 9.17) is 0 Å². The molecular weight excluding hydrogens is 182 g/mol. The molecule has 2 N–H and O–H groups in total. The number of Topliss-reactive ketones (excluding diaryl/α,β-unsaturated/α-hetero) is 1. The highest BCUT2D eigenvalue weighted by Crippen LogP contribution is 2.27. The van der Waals surface area contributed by atoms with Crippen LogP contribution in [0.25, 0.3) is 0 Å². The lowest BCUT2D eigenvalue weighted by Gasteiger charge is -2.29. The van der Waals surface area contributed by atoms with Crippen molar-refractivity contribution in [3.05, 3.63) is 11.5 Å². The summed E-state index contributed by atoms with van der Waals surface area (Å²) in [7, 11) is 0. The van der Waals surface area contributed by atoms with E-state index in [1.807, 2.05) is 4.90 Å². The fourth-order valence-corrected chi connectivity index (χ4v) is 2.12. The Morgan fingerprint density at radius 2 is 1.86 bits per heavy atom. The highest BCUT2D eigenvalue weighted by molar-refractivity contribution is 5.99. The third kappa shape index (κ3) is 1.50. The van der Waals surface area contributed by atoms with Gasteiger partial charge in [0.05, 0.1) is 5.70 Å². The number of aliphatic hydroxyl groups excluding tert-OH is 2. The minimum atomic E-state index is -1.02. The van der Waals surface area contributed by atoms with Gasteiger partial charge in [0.15, 0.2) is 5.76 Å². The van der Waals surface area contributed by atoms with Gasteiger partial charge >= 0.3 is 0 Å². The summed E-state index contributed by atoms with van der Waals surface area (Å²) in [5, 5.41) is 18.8. The summed E-state index contributed by atoms with van der Waals surface area (Å²) >= 11 is 0. The Bertz CT molecular complexity index is 279. The van der Waals surface area contributed by atoms with Crippen LogP contribution in [-0.4, -0.2) is 40.1 Å². The van der Waals surface area contributed by atoms with Crippen molar-refractivity contribution < 1.29 is 15.0 Å². The second kappa shape index (κ2) is 3.61. The van der Waals surface area contributed by atoms with Crippen molar-refractivity contribution in [3.63, 3.8) is 0 Å². The first kappa shape index (κ1) is 9.52. The normalized spacial score (nSPS) is 28.8. The summed E-state index contributed by atoms with van der Waals surface area (Å²) in [6, 6.07) is 0. The van der Waals surface area contributed by atoms with Gasteiger partial charge in [0.2, 0.25) is 5.78 Å². The van der Waals surface area contributed by atoms with E-state index in [-0.39, 0.29) is 12.2 Å². The van der Waals surface area contributed by atoms with Gasteiger partial charge in [-0.05, 0) is 19.3 Å². The quantitative estimate of drug-likeness (QED) is 0.645. The van der Waals surface area contributed by atoms with E-state index >= 15 is 0 Å². The van der Waals surface area contributed by atoms with Crippen LogP contribution in [-0.2, 0) is 4.79 Å². The summed E-state index contributed by atoms with van der Waals surface area (Å²) in [6.07, 6.45) is 2.67. The third-order valence-electron chi connectivity index (χ3n) is 2.93. The largest absolute Gasteiger partial charge is 0.503 e. The monoisotopic (exact) mass is 197 g/mol. The Morgan fingerprint density at radius 1 is 1.21 bits per heavy atom. The molecule has 78 valence electrons. The molecule has 0 radical (unpaired) electrons. The lowest BCUT2D eigenvalue weighted by molar-refractivity contribution is -0.124. The highest BCUT2D eigenvalue weighted by atomic mass is 16.3. The maximum absolute atomic E-state index is 11.2. The molecular formula is C10H15NO3. The van der Waals surface area contributed by atoms with Gasteiger partial charge in [-0.3, -0.25) is 4.79 Å². The number of piperidine rings is 1. The molecule has 0 saturated carbocycles. The van der Waals surface area contributed by atoms with E-state index in [1.165, 1.54) is 6.42 Å². The maximum atomic E-state index is 11.2. The lowest BCUT2D eigenvalue weighted by Crippen LogP contribution is -2.29. The number of rotatable bonds is 1. The Kier molecular flexibility index (Phi) is 2.46. The average molecular weight is 197 g/mol. The number of ketones is 1. The number of carbonyl (C=O) groups is 1. The van der Waals surface area contributed by atoms with Crippen molar-refractivity contribution >= 4 is 5.78 Å². The molecule has 1 atom stereocenters. The molecule has 0 spiro atoms. The molecule has 2 rings (SSSR count). The van der Waals surface area contributed by atoms with Crippen LogP contribution >= 0.6 is 0 Å². The fraction of sp³-hybridized carbons (Fsp3) is 0.700. The molecule has 4 nitrogen and oxygen atoms in total. The summed E-state index contributed by atoms with van der Waals surface area (Å²) < 4.78 is 0. The lowest BCUT2D eigenvalue weighted by atomic mass is 10.1. The highest BCUT2D eigenvalue weighted by Gasteiger charge is 2.34. The minimum absolute atomic E-state index is 0.223. The van der Waals surface area contributed by atoms with Crippen molar-refractivity contribution in [1.29, 1.82) is 0 Å². The van der Waals surface area contributed by atoms with Crippen LogP contribution in [0.5, 0.6) is 0 Å². The molecule has 0 aromatic carbocycles. The number of nitrogens with zero attached hydrogens (tertiary/aromatic N) is 1. The first-order chi connectivity index (χ1) is 6.70. The van der Waals surface area contributed by atoms with E-state index in [1.54, 1.807) is 0 Å². The molecule has 0 aromatic heterocycles. The van der Waals surface area contributed by atoms with Crippen molar-refractivity contribution in [1.82, 2.24) is 4.90 Å². The van der Waals surface area contributed by atoms with Crippen LogP contribution < -0.4 is 0 Å². The number of hydrogen-bond donors (Lipinski definition) is 2. The first-order valence-corrected chi connectivity index (χ1v) is 5.09. The smallest absolute Gasteiger partial charge is 0.227 e. The summed E-state index contributed by atoms with van der Waals surface area (Å²) in [4.78, 5) is 13.2. The third-order valence-corrected chi connectivity index (χ3v) is 2.93. The van der Waals surface area contributed by atoms with E-state index in [2.05, 4.69) is 0 Å². The van der Waals surface area contributed by atoms with Crippen molar-refractivity contribution in [2.75, 3.05) is 13.1 Å². The zero-order valence-electron chi connectivity index (χ0n) is 8.07. The summed E-state index contributed by atoms with van der Waals surface area (Å²) in [5.41, 5.74) is 0.641. The van der Waals surface area contributed by atoms with Crippen LogP contribution in [0.3, 0.4) is 0 Å². The number of carbonyl (C=O) groups excluding carboxylic acids is 1. The van der Waals surface area contributed by atoms with Gasteiger partial charge < -0.3 is 15.1 Å². The zero-order valence-corrected chi connectivity index (χ0v) is 8.07. The van der Waals surface area contributed by atoms with Gasteiger partial charge in [0.1, 0.15) is 6.10 Å². The predicted molar refractivity (Wildman–Crippen MR) is 50.7 cm³/mol. The molecule has 1 aliphatic heterocycles. The van der Waals surface area contributed by atoms with Crippen LogP contribution in [0.15, 0.2) is 11.5 Å². The first-order valence-electron chi connectivity index (χ1n) is 5.09. The maximum Gasteiger partial charge on any atom is 0.227 e. The molecule has 0 bridgehead atoms. The van der Waals surface area contributed by atoms with Crippen molar-refractivity contribution in [2.24, 2.45) is 0 Å². The standard InChI is InChI=1S/C10H15NO3/c12-8-6-7(9(13)10(8)14)11-4-2-1-3-5-11/h8,12-13H,1-6H2. The number of likely N-dealkylation sites (tertiary alicyclic amines) is 1. The molecule has 2 aliphatic rings. The Morgan fingerprint density at radius 3 is 2.36 bits per heavy atom. The Hall–Kier alpha value is -1.03. The number of aliphatic hydroxyl groups is 2. The van der Waals surface area contributed by atoms with E-state index in [9.17, 15) is 15.0 Å². The van der Waals surface area contributed by atoms with Gasteiger partial charge in [0, 0.05) is 19.5 Å².